The SMILES string of the molecule is COc1cccc2c(NCCCCCCNC(C)=O)ccnc12.COc1cccc2c(NCCCCCNC(=O)C(F)F)ccnc12.COc1cccc2c(NCCCCNC(C)=O)ccnc12. The summed E-state index contributed by atoms with van der Waals surface area (Å²) in [4.78, 5) is 45.3. The summed E-state index contributed by atoms with van der Waals surface area (Å²) < 4.78 is 40.0. The number of pyridine rings is 3. The second kappa shape index (κ2) is 30.3. The highest BCUT2D eigenvalue weighted by Gasteiger charge is 2.13. The van der Waals surface area contributed by atoms with Gasteiger partial charge in [-0.2, -0.15) is 8.78 Å². The maximum atomic E-state index is 12.0. The third-order valence-corrected chi connectivity index (χ3v) is 10.6. The molecule has 0 fully saturated rings. The van der Waals surface area contributed by atoms with E-state index in [1.807, 2.05) is 66.7 Å². The van der Waals surface area contributed by atoms with Crippen molar-refractivity contribution in [1.29, 1.82) is 0 Å². The van der Waals surface area contributed by atoms with Crippen molar-refractivity contribution >= 4 is 67.5 Å². The van der Waals surface area contributed by atoms with Gasteiger partial charge in [-0.3, -0.25) is 29.3 Å². The summed E-state index contributed by atoms with van der Waals surface area (Å²) in [5.41, 5.74) is 5.67. The highest BCUT2D eigenvalue weighted by atomic mass is 19.3. The van der Waals surface area contributed by atoms with Gasteiger partial charge in [0.15, 0.2) is 0 Å². The lowest BCUT2D eigenvalue weighted by atomic mass is 10.1. The molecule has 0 saturated carbocycles. The summed E-state index contributed by atoms with van der Waals surface area (Å²) in [6.07, 6.45) is 11.1. The minimum Gasteiger partial charge on any atom is -0.494 e. The minimum atomic E-state index is -2.94. The number of unbranched alkanes of at least 4 members (excludes halogenated alkanes) is 6. The molecule has 68 heavy (non-hydrogen) atoms. The number of halogens is 2. The number of rotatable bonds is 25. The lowest BCUT2D eigenvalue weighted by Gasteiger charge is -2.11. The number of nitrogens with zero attached hydrogens (tertiary/aromatic N) is 3. The molecule has 3 heterocycles. The van der Waals surface area contributed by atoms with Crippen LogP contribution in [0.2, 0.25) is 0 Å². The fraction of sp³-hybridized carbons (Fsp3) is 0.412. The van der Waals surface area contributed by atoms with Crippen molar-refractivity contribution in [2.24, 2.45) is 0 Å². The number of hydrogen-bond donors (Lipinski definition) is 6. The first-order valence-electron chi connectivity index (χ1n) is 23.1. The highest BCUT2D eigenvalue weighted by molar-refractivity contribution is 5.96. The minimum absolute atomic E-state index is 0.0233. The third kappa shape index (κ3) is 18.0. The molecule has 6 rings (SSSR count). The predicted molar refractivity (Wildman–Crippen MR) is 268 cm³/mol. The lowest BCUT2D eigenvalue weighted by Crippen LogP contribution is -2.30. The number of fused-ring (bicyclic) bond motifs is 3. The molecule has 0 aliphatic heterocycles. The first-order chi connectivity index (χ1) is 33.1. The number of aromatic nitrogens is 3. The molecule has 0 spiro atoms. The van der Waals surface area contributed by atoms with Crippen LogP contribution in [0.15, 0.2) is 91.4 Å². The molecular weight excluding hydrogens is 873 g/mol. The van der Waals surface area contributed by atoms with Gasteiger partial charge in [-0.15, -0.1) is 0 Å². The molecule has 6 aromatic rings. The molecule has 3 amide bonds. The molecule has 366 valence electrons. The third-order valence-electron chi connectivity index (χ3n) is 10.6. The number of anilines is 3. The van der Waals surface area contributed by atoms with Gasteiger partial charge in [0.1, 0.15) is 33.8 Å². The summed E-state index contributed by atoms with van der Waals surface area (Å²) in [7, 11) is 4.93. The number of carbonyl (C=O) groups is 3. The number of benzene rings is 3. The van der Waals surface area contributed by atoms with Gasteiger partial charge in [-0.05, 0) is 81.3 Å². The Bertz CT molecular complexity index is 2480. The van der Waals surface area contributed by atoms with E-state index in [9.17, 15) is 23.2 Å². The summed E-state index contributed by atoms with van der Waals surface area (Å²) in [5, 5.41) is 21.2. The fourth-order valence-corrected chi connectivity index (χ4v) is 7.17. The molecule has 3 aromatic carbocycles. The Morgan fingerprint density at radius 1 is 0.456 bits per heavy atom. The van der Waals surface area contributed by atoms with Crippen molar-refractivity contribution in [2.45, 2.75) is 78.1 Å². The van der Waals surface area contributed by atoms with Crippen LogP contribution in [-0.4, -0.2) is 99.7 Å². The van der Waals surface area contributed by atoms with Crippen molar-refractivity contribution in [1.82, 2.24) is 30.9 Å². The van der Waals surface area contributed by atoms with Crippen molar-refractivity contribution in [3.8, 4) is 17.2 Å². The Labute approximate surface area is 397 Å². The van der Waals surface area contributed by atoms with Gasteiger partial charge in [-0.1, -0.05) is 49.2 Å². The van der Waals surface area contributed by atoms with Crippen LogP contribution in [0.1, 0.15) is 71.6 Å². The van der Waals surface area contributed by atoms with Crippen LogP contribution in [0.3, 0.4) is 0 Å². The van der Waals surface area contributed by atoms with Crippen LogP contribution in [0.5, 0.6) is 17.2 Å². The van der Waals surface area contributed by atoms with E-state index < -0.39 is 12.3 Å². The van der Waals surface area contributed by atoms with E-state index in [1.165, 1.54) is 6.92 Å². The van der Waals surface area contributed by atoms with Gasteiger partial charge in [0.25, 0.3) is 5.91 Å². The molecule has 0 saturated heterocycles. The van der Waals surface area contributed by atoms with Crippen LogP contribution in [0.4, 0.5) is 25.8 Å². The van der Waals surface area contributed by atoms with Gasteiger partial charge in [0, 0.05) is 105 Å². The zero-order valence-electron chi connectivity index (χ0n) is 39.9. The number of para-hydroxylation sites is 3. The Morgan fingerprint density at radius 2 is 0.765 bits per heavy atom. The molecule has 0 unspecified atom stereocenters. The number of alkyl halides is 2. The van der Waals surface area contributed by atoms with Crippen molar-refractivity contribution in [3.05, 3.63) is 91.4 Å². The van der Waals surface area contributed by atoms with Crippen LogP contribution in [0.25, 0.3) is 32.7 Å². The maximum absolute atomic E-state index is 12.0. The first-order valence-corrected chi connectivity index (χ1v) is 23.1. The average Bonchev–Trinajstić information content (AvgIpc) is 3.35. The number of hydrogen-bond acceptors (Lipinski definition) is 12. The molecule has 0 atom stereocenters. The van der Waals surface area contributed by atoms with E-state index in [0.29, 0.717) is 6.42 Å². The molecule has 0 aliphatic carbocycles. The molecular formula is C51H67F2N9O6. The second-order valence-corrected chi connectivity index (χ2v) is 15.7. The average molecular weight is 940 g/mol. The monoisotopic (exact) mass is 940 g/mol. The Balaban J connectivity index is 0.000000223. The van der Waals surface area contributed by atoms with Gasteiger partial charge < -0.3 is 46.1 Å². The van der Waals surface area contributed by atoms with Crippen molar-refractivity contribution < 1.29 is 37.4 Å². The Kier molecular flexibility index (Phi) is 23.9. The smallest absolute Gasteiger partial charge is 0.315 e. The summed E-state index contributed by atoms with van der Waals surface area (Å²) in [6.45, 7) is 7.40. The first kappa shape index (κ1) is 53.6. The molecule has 15 nitrogen and oxygen atoms in total. The lowest BCUT2D eigenvalue weighted by molar-refractivity contribution is -0.131. The van der Waals surface area contributed by atoms with Crippen LogP contribution in [0, 0.1) is 0 Å². The quantitative estimate of drug-likeness (QED) is 0.0299. The molecule has 6 N–H and O–H groups in total. The van der Waals surface area contributed by atoms with Crippen molar-refractivity contribution in [2.75, 3.05) is 76.5 Å². The summed E-state index contributed by atoms with van der Waals surface area (Å²) >= 11 is 0. The Hall–Kier alpha value is -7.04. The van der Waals surface area contributed by atoms with Crippen LogP contribution >= 0.6 is 0 Å². The summed E-state index contributed by atoms with van der Waals surface area (Å²) in [6, 6.07) is 23.5. The second-order valence-electron chi connectivity index (χ2n) is 15.7. The van der Waals surface area contributed by atoms with Gasteiger partial charge in [0.2, 0.25) is 11.8 Å². The number of amides is 3. The molecule has 0 radical (unpaired) electrons. The topological polar surface area (TPSA) is 190 Å². The number of carbonyl (C=O) groups excluding carboxylic acids is 3. The van der Waals surface area contributed by atoms with E-state index in [4.69, 9.17) is 14.2 Å². The van der Waals surface area contributed by atoms with Crippen molar-refractivity contribution in [3.63, 3.8) is 0 Å². The zero-order valence-corrected chi connectivity index (χ0v) is 39.9. The standard InChI is InChI=1S/C18H25N3O2.C17H21F2N3O2.C16H21N3O2/c1-14(22)19-11-5-3-4-6-12-20-16-10-13-21-18-15(16)8-7-9-17(18)23-2;1-24-14-7-5-6-12-13(8-11-21-15(12)14)20-9-3-2-4-10-22-17(23)16(18)19;1-12(20)17-9-3-4-10-18-14-8-11-19-16-13(14)6-5-7-15(16)21-2/h7-10,13H,3-6,11-12H2,1-2H3,(H,19,22)(H,20,21);5-8,11,16H,2-4,9-10H2,1H3,(H,20,21)(H,22,23);5-8,11H,3-4,9-10H2,1-2H3,(H,17,20)(H,18,19). The van der Waals surface area contributed by atoms with Crippen LogP contribution < -0.4 is 46.1 Å². The summed E-state index contributed by atoms with van der Waals surface area (Å²) in [5.74, 6) is 1.17. The van der Waals surface area contributed by atoms with E-state index in [-0.39, 0.29) is 18.4 Å². The number of methoxy groups -OCH3 is 3. The molecule has 0 bridgehead atoms. The van der Waals surface area contributed by atoms with E-state index in [2.05, 4.69) is 52.9 Å². The molecule has 17 heteroatoms. The number of ether oxygens (including phenoxy) is 3. The maximum Gasteiger partial charge on any atom is 0.315 e. The number of nitrogens with one attached hydrogen (secondary N) is 6. The van der Waals surface area contributed by atoms with Gasteiger partial charge in [-0.25, -0.2) is 0 Å². The van der Waals surface area contributed by atoms with Gasteiger partial charge in [0.05, 0.1) is 21.3 Å². The van der Waals surface area contributed by atoms with E-state index in [0.717, 1.165) is 151 Å². The van der Waals surface area contributed by atoms with E-state index >= 15 is 0 Å². The van der Waals surface area contributed by atoms with Gasteiger partial charge >= 0.3 is 6.43 Å². The highest BCUT2D eigenvalue weighted by Crippen LogP contribution is 2.31. The van der Waals surface area contributed by atoms with E-state index in [1.54, 1.807) is 46.8 Å². The Morgan fingerprint density at radius 3 is 1.10 bits per heavy atom. The normalized spacial score (nSPS) is 10.6. The van der Waals surface area contributed by atoms with Crippen LogP contribution in [-0.2, 0) is 14.4 Å². The molecule has 0 aliphatic rings. The zero-order chi connectivity index (χ0) is 48.9. The molecule has 3 aromatic heterocycles. The fourth-order valence-electron chi connectivity index (χ4n) is 7.17. The predicted octanol–water partition coefficient (Wildman–Crippen LogP) is 9.13. The largest absolute Gasteiger partial charge is 0.494 e.